The molecular formula is C14H27NO3. The van der Waals surface area contributed by atoms with Crippen LogP contribution in [0.4, 0.5) is 0 Å². The van der Waals surface area contributed by atoms with Crippen LogP contribution in [0.3, 0.4) is 0 Å². The van der Waals surface area contributed by atoms with Crippen molar-refractivity contribution in [3.8, 4) is 0 Å². The van der Waals surface area contributed by atoms with Gasteiger partial charge in [0.05, 0.1) is 5.60 Å². The van der Waals surface area contributed by atoms with E-state index < -0.39 is 5.60 Å². The Morgan fingerprint density at radius 3 is 2.44 bits per heavy atom. The van der Waals surface area contributed by atoms with Gasteiger partial charge >= 0.3 is 0 Å². The van der Waals surface area contributed by atoms with E-state index in [0.717, 1.165) is 6.42 Å². The highest BCUT2D eigenvalue weighted by molar-refractivity contribution is 5.81. The normalized spacial score (nSPS) is 19.9. The molecule has 0 bridgehead atoms. The summed E-state index contributed by atoms with van der Waals surface area (Å²) in [6.45, 7) is 9.61. The molecule has 0 spiro atoms. The molecule has 0 aliphatic carbocycles. The van der Waals surface area contributed by atoms with Crippen LogP contribution in [0.25, 0.3) is 0 Å². The van der Waals surface area contributed by atoms with Gasteiger partial charge in [0, 0.05) is 38.0 Å². The maximum absolute atomic E-state index is 12.1. The maximum Gasteiger partial charge on any atom is 0.225 e. The average molecular weight is 257 g/mol. The van der Waals surface area contributed by atoms with E-state index >= 15 is 0 Å². The summed E-state index contributed by atoms with van der Waals surface area (Å²) in [5, 5.41) is 13.2. The van der Waals surface area contributed by atoms with E-state index in [-0.39, 0.29) is 11.3 Å². The largest absolute Gasteiger partial charge is 0.388 e. The first-order chi connectivity index (χ1) is 8.25. The molecule has 4 nitrogen and oxygen atoms in total. The molecule has 0 aromatic carbocycles. The van der Waals surface area contributed by atoms with Gasteiger partial charge in [-0.05, 0) is 12.3 Å². The molecule has 2 N–H and O–H groups in total. The number of carbonyl (C=O) groups is 1. The number of hydrogen-bond acceptors (Lipinski definition) is 3. The second kappa shape index (κ2) is 6.02. The molecule has 106 valence electrons. The van der Waals surface area contributed by atoms with Gasteiger partial charge < -0.3 is 15.2 Å². The van der Waals surface area contributed by atoms with E-state index in [1.54, 1.807) is 0 Å². The third kappa shape index (κ3) is 4.58. The first-order valence-corrected chi connectivity index (χ1v) is 6.84. The summed E-state index contributed by atoms with van der Waals surface area (Å²) in [6, 6.07) is 0. The fourth-order valence-electron chi connectivity index (χ4n) is 2.53. The number of ether oxygens (including phenoxy) is 1. The molecular weight excluding hydrogens is 230 g/mol. The minimum Gasteiger partial charge on any atom is -0.388 e. The van der Waals surface area contributed by atoms with Crippen molar-refractivity contribution >= 4 is 5.91 Å². The predicted molar refractivity (Wildman–Crippen MR) is 71.2 cm³/mol. The van der Waals surface area contributed by atoms with Crippen molar-refractivity contribution in [2.45, 2.75) is 52.6 Å². The Kier molecular flexibility index (Phi) is 5.17. The zero-order valence-corrected chi connectivity index (χ0v) is 12.1. The number of carbonyl (C=O) groups excluding carboxylic acids is 1. The quantitative estimate of drug-likeness (QED) is 0.788. The fourth-order valence-corrected chi connectivity index (χ4v) is 2.53. The fraction of sp³-hybridized carbons (Fsp3) is 0.929. The molecule has 1 fully saturated rings. The van der Waals surface area contributed by atoms with Gasteiger partial charge in [-0.2, -0.15) is 0 Å². The lowest BCUT2D eigenvalue weighted by Crippen LogP contribution is -2.49. The van der Waals surface area contributed by atoms with Crippen molar-refractivity contribution in [3.63, 3.8) is 0 Å². The van der Waals surface area contributed by atoms with Crippen LogP contribution in [-0.2, 0) is 9.53 Å². The lowest BCUT2D eigenvalue weighted by molar-refractivity contribution is -0.132. The smallest absolute Gasteiger partial charge is 0.225 e. The van der Waals surface area contributed by atoms with Gasteiger partial charge in [0.2, 0.25) is 5.91 Å². The molecule has 1 aliphatic heterocycles. The van der Waals surface area contributed by atoms with Crippen molar-refractivity contribution in [2.75, 3.05) is 19.8 Å². The molecule has 1 heterocycles. The zero-order chi connectivity index (χ0) is 13.8. The molecule has 0 radical (unpaired) electrons. The standard InChI is InChI=1S/C14H27NO3/c1-11(2)9-13(3,4)12(16)15-10-14(17)5-7-18-8-6-14/h11,17H,5-10H2,1-4H3,(H,15,16). The minimum absolute atomic E-state index is 0.0242. The Morgan fingerprint density at radius 2 is 1.94 bits per heavy atom. The molecule has 4 heteroatoms. The number of amides is 1. The Hall–Kier alpha value is -0.610. The molecule has 1 aliphatic rings. The van der Waals surface area contributed by atoms with Gasteiger partial charge in [0.15, 0.2) is 0 Å². The minimum atomic E-state index is -0.790. The molecule has 1 rings (SSSR count). The first kappa shape index (κ1) is 15.4. The molecule has 18 heavy (non-hydrogen) atoms. The van der Waals surface area contributed by atoms with Crippen LogP contribution >= 0.6 is 0 Å². The lowest BCUT2D eigenvalue weighted by atomic mass is 9.83. The summed E-state index contributed by atoms with van der Waals surface area (Å²) < 4.78 is 5.22. The van der Waals surface area contributed by atoms with Gasteiger partial charge in [0.1, 0.15) is 0 Å². The van der Waals surface area contributed by atoms with Crippen LogP contribution in [0.1, 0.15) is 47.0 Å². The lowest BCUT2D eigenvalue weighted by Gasteiger charge is -2.34. The average Bonchev–Trinajstić information content (AvgIpc) is 2.25. The first-order valence-electron chi connectivity index (χ1n) is 6.84. The monoisotopic (exact) mass is 257 g/mol. The van der Waals surface area contributed by atoms with Crippen LogP contribution in [0.2, 0.25) is 0 Å². The van der Waals surface area contributed by atoms with Gasteiger partial charge in [-0.3, -0.25) is 4.79 Å². The maximum atomic E-state index is 12.1. The van der Waals surface area contributed by atoms with Gasteiger partial charge in [-0.15, -0.1) is 0 Å². The summed E-state index contributed by atoms with van der Waals surface area (Å²) >= 11 is 0. The Balaban J connectivity index is 2.44. The number of rotatable bonds is 5. The summed E-state index contributed by atoms with van der Waals surface area (Å²) in [4.78, 5) is 12.1. The van der Waals surface area contributed by atoms with E-state index in [2.05, 4.69) is 19.2 Å². The SMILES string of the molecule is CC(C)CC(C)(C)C(=O)NCC1(O)CCOCC1. The summed E-state index contributed by atoms with van der Waals surface area (Å²) in [5.74, 6) is 0.507. The van der Waals surface area contributed by atoms with Crippen molar-refractivity contribution in [1.82, 2.24) is 5.32 Å². The number of aliphatic hydroxyl groups is 1. The highest BCUT2D eigenvalue weighted by Crippen LogP contribution is 2.26. The summed E-state index contributed by atoms with van der Waals surface area (Å²) in [5.41, 5.74) is -1.17. The van der Waals surface area contributed by atoms with E-state index in [4.69, 9.17) is 4.74 Å². The second-order valence-corrected chi connectivity index (χ2v) is 6.50. The number of hydrogen-bond donors (Lipinski definition) is 2. The summed E-state index contributed by atoms with van der Waals surface area (Å²) in [7, 11) is 0. The second-order valence-electron chi connectivity index (χ2n) is 6.50. The van der Waals surface area contributed by atoms with Crippen LogP contribution < -0.4 is 5.32 Å². The molecule has 0 unspecified atom stereocenters. The van der Waals surface area contributed by atoms with Crippen LogP contribution in [0.15, 0.2) is 0 Å². The third-order valence-corrected chi connectivity index (χ3v) is 3.53. The van der Waals surface area contributed by atoms with E-state index in [1.165, 1.54) is 0 Å². The van der Waals surface area contributed by atoms with Crippen molar-refractivity contribution in [3.05, 3.63) is 0 Å². The highest BCUT2D eigenvalue weighted by atomic mass is 16.5. The van der Waals surface area contributed by atoms with Crippen molar-refractivity contribution in [1.29, 1.82) is 0 Å². The number of nitrogens with one attached hydrogen (secondary N) is 1. The Bertz CT molecular complexity index is 281. The van der Waals surface area contributed by atoms with Gasteiger partial charge in [-0.1, -0.05) is 27.7 Å². The van der Waals surface area contributed by atoms with E-state index in [9.17, 15) is 9.90 Å². The van der Waals surface area contributed by atoms with Gasteiger partial charge in [-0.25, -0.2) is 0 Å². The van der Waals surface area contributed by atoms with Crippen LogP contribution in [0, 0.1) is 11.3 Å². The van der Waals surface area contributed by atoms with Crippen molar-refractivity contribution < 1.29 is 14.6 Å². The Morgan fingerprint density at radius 1 is 1.39 bits per heavy atom. The van der Waals surface area contributed by atoms with Crippen LogP contribution in [-0.4, -0.2) is 36.4 Å². The van der Waals surface area contributed by atoms with E-state index in [0.29, 0.717) is 38.5 Å². The molecule has 0 aromatic rings. The van der Waals surface area contributed by atoms with Crippen LogP contribution in [0.5, 0.6) is 0 Å². The molecule has 0 saturated carbocycles. The Labute approximate surface area is 110 Å². The molecule has 0 aromatic heterocycles. The molecule has 0 atom stereocenters. The summed E-state index contributed by atoms with van der Waals surface area (Å²) in [6.07, 6.45) is 2.04. The third-order valence-electron chi connectivity index (χ3n) is 3.53. The topological polar surface area (TPSA) is 58.6 Å². The molecule has 1 amide bonds. The van der Waals surface area contributed by atoms with Gasteiger partial charge in [0.25, 0.3) is 0 Å². The zero-order valence-electron chi connectivity index (χ0n) is 12.1. The van der Waals surface area contributed by atoms with E-state index in [1.807, 2.05) is 13.8 Å². The van der Waals surface area contributed by atoms with Crippen molar-refractivity contribution in [2.24, 2.45) is 11.3 Å². The molecule has 1 saturated heterocycles. The highest BCUT2D eigenvalue weighted by Gasteiger charge is 2.33. The predicted octanol–water partition coefficient (Wildman–Crippen LogP) is 1.72.